The van der Waals surface area contributed by atoms with Gasteiger partial charge in [0.2, 0.25) is 0 Å². The molecule has 3 rings (SSSR count). The summed E-state index contributed by atoms with van der Waals surface area (Å²) in [5.74, 6) is 0.645. The molecule has 1 N–H and O–H groups in total. The quantitative estimate of drug-likeness (QED) is 0.711. The number of ether oxygens (including phenoxy) is 1. The summed E-state index contributed by atoms with van der Waals surface area (Å²) < 4.78 is 5.67. The molecule has 0 fully saturated rings. The average molecular weight is 350 g/mol. The predicted octanol–water partition coefficient (Wildman–Crippen LogP) is 3.09. The Kier molecular flexibility index (Phi) is 5.63. The molecule has 3 aromatic rings. The third kappa shape index (κ3) is 4.47. The van der Waals surface area contributed by atoms with Gasteiger partial charge >= 0.3 is 0 Å². The van der Waals surface area contributed by atoms with E-state index in [1.807, 2.05) is 55.5 Å². The lowest BCUT2D eigenvalue weighted by Gasteiger charge is -2.23. The minimum Gasteiger partial charge on any atom is -0.487 e. The van der Waals surface area contributed by atoms with Crippen LogP contribution in [0.2, 0.25) is 0 Å². The van der Waals surface area contributed by atoms with Crippen LogP contribution >= 0.6 is 0 Å². The maximum atomic E-state index is 12.6. The lowest BCUT2D eigenvalue weighted by Crippen LogP contribution is -2.36. The number of hydrogen-bond donors (Lipinski definition) is 1. The van der Waals surface area contributed by atoms with Crippen molar-refractivity contribution >= 4 is 5.91 Å². The minimum atomic E-state index is -0.129. The first-order valence-corrected chi connectivity index (χ1v) is 8.52. The van der Waals surface area contributed by atoms with E-state index in [0.29, 0.717) is 18.7 Å². The van der Waals surface area contributed by atoms with Gasteiger partial charge in [-0.1, -0.05) is 24.3 Å². The van der Waals surface area contributed by atoms with Crippen LogP contribution in [0.15, 0.2) is 60.8 Å². The zero-order valence-corrected chi connectivity index (χ0v) is 14.9. The Balaban J connectivity index is 1.58. The van der Waals surface area contributed by atoms with E-state index in [9.17, 15) is 4.79 Å². The zero-order chi connectivity index (χ0) is 18.4. The van der Waals surface area contributed by atoms with Gasteiger partial charge in [0.05, 0.1) is 5.69 Å². The lowest BCUT2D eigenvalue weighted by atomic mass is 10.1. The second-order valence-electron chi connectivity index (χ2n) is 6.17. The van der Waals surface area contributed by atoms with Gasteiger partial charge in [0.15, 0.2) is 5.69 Å². The number of carbonyl (C=O) groups excluding carboxylic acids is 1. The van der Waals surface area contributed by atoms with Crippen molar-refractivity contribution in [2.75, 3.05) is 7.05 Å². The number of benzene rings is 1. The first-order chi connectivity index (χ1) is 12.6. The molecule has 0 saturated carbocycles. The molecular weight excluding hydrogens is 328 g/mol. The Morgan fingerprint density at radius 1 is 1.19 bits per heavy atom. The van der Waals surface area contributed by atoms with E-state index in [-0.39, 0.29) is 11.9 Å². The maximum Gasteiger partial charge on any atom is 0.274 e. The number of hydrogen-bond acceptors (Lipinski definition) is 4. The first kappa shape index (κ1) is 17.7. The van der Waals surface area contributed by atoms with Crippen LogP contribution in [0.1, 0.15) is 28.8 Å². The molecule has 0 saturated heterocycles. The molecule has 2 heterocycles. The molecule has 0 aliphatic carbocycles. The van der Waals surface area contributed by atoms with Gasteiger partial charge in [0, 0.05) is 31.4 Å². The first-order valence-electron chi connectivity index (χ1n) is 8.52. The molecule has 0 bridgehead atoms. The zero-order valence-electron chi connectivity index (χ0n) is 14.9. The molecule has 26 heavy (non-hydrogen) atoms. The van der Waals surface area contributed by atoms with Crippen molar-refractivity contribution in [1.29, 1.82) is 0 Å². The molecule has 0 unspecified atom stereocenters. The second-order valence-corrected chi connectivity index (χ2v) is 6.17. The molecular formula is C20H22N4O2. The lowest BCUT2D eigenvalue weighted by molar-refractivity contribution is 0.0737. The minimum absolute atomic E-state index is 0.0121. The third-order valence-corrected chi connectivity index (χ3v) is 4.20. The van der Waals surface area contributed by atoms with Gasteiger partial charge in [0.25, 0.3) is 5.91 Å². The van der Waals surface area contributed by atoms with Crippen molar-refractivity contribution in [1.82, 2.24) is 20.1 Å². The summed E-state index contributed by atoms with van der Waals surface area (Å²) in [7, 11) is 1.78. The standard InChI is InChI=1S/C20H22N4O2/c1-15(12-16-8-6-7-11-21-16)24(2)20(25)19-13-17(22-23-19)14-26-18-9-4-3-5-10-18/h3-11,13,15H,12,14H2,1-2H3,(H,22,23)/t15-/m1/s1. The van der Waals surface area contributed by atoms with Crippen molar-refractivity contribution in [3.8, 4) is 5.75 Å². The van der Waals surface area contributed by atoms with Crippen LogP contribution in [0.4, 0.5) is 0 Å². The number of likely N-dealkylation sites (N-methyl/N-ethyl adjacent to an activating group) is 1. The highest BCUT2D eigenvalue weighted by atomic mass is 16.5. The highest BCUT2D eigenvalue weighted by Crippen LogP contribution is 2.13. The summed E-state index contributed by atoms with van der Waals surface area (Å²) in [5.41, 5.74) is 2.09. The fourth-order valence-electron chi connectivity index (χ4n) is 2.56. The van der Waals surface area contributed by atoms with Gasteiger partial charge in [0.1, 0.15) is 12.4 Å². The molecule has 0 spiro atoms. The van der Waals surface area contributed by atoms with E-state index < -0.39 is 0 Å². The molecule has 6 heteroatoms. The molecule has 0 aliphatic rings. The summed E-state index contributed by atoms with van der Waals surface area (Å²) in [6.07, 6.45) is 2.45. The molecule has 1 aromatic carbocycles. The topological polar surface area (TPSA) is 71.1 Å². The fourth-order valence-corrected chi connectivity index (χ4v) is 2.56. The van der Waals surface area contributed by atoms with Gasteiger partial charge in [-0.05, 0) is 37.3 Å². The van der Waals surface area contributed by atoms with Crippen LogP contribution in [-0.4, -0.2) is 39.1 Å². The van der Waals surface area contributed by atoms with E-state index >= 15 is 0 Å². The Morgan fingerprint density at radius 3 is 2.69 bits per heavy atom. The van der Waals surface area contributed by atoms with Crippen molar-refractivity contribution in [3.63, 3.8) is 0 Å². The van der Waals surface area contributed by atoms with Crippen LogP contribution < -0.4 is 4.74 Å². The number of aromatic nitrogens is 3. The van der Waals surface area contributed by atoms with E-state index in [2.05, 4.69) is 15.2 Å². The summed E-state index contributed by atoms with van der Waals surface area (Å²) in [5, 5.41) is 6.99. The van der Waals surface area contributed by atoms with Gasteiger partial charge in [-0.3, -0.25) is 14.9 Å². The predicted molar refractivity (Wildman–Crippen MR) is 98.9 cm³/mol. The van der Waals surface area contributed by atoms with Crippen LogP contribution in [0.25, 0.3) is 0 Å². The largest absolute Gasteiger partial charge is 0.487 e. The molecule has 0 radical (unpaired) electrons. The van der Waals surface area contributed by atoms with Crippen LogP contribution in [-0.2, 0) is 13.0 Å². The normalized spacial score (nSPS) is 11.8. The van der Waals surface area contributed by atoms with Gasteiger partial charge in [-0.15, -0.1) is 0 Å². The SMILES string of the molecule is C[C@H](Cc1ccccn1)N(C)C(=O)c1cc(COc2ccccc2)[nH]n1. The fraction of sp³-hybridized carbons (Fsp3) is 0.250. The van der Waals surface area contributed by atoms with Crippen LogP contribution in [0, 0.1) is 0 Å². The van der Waals surface area contributed by atoms with Crippen molar-refractivity contribution < 1.29 is 9.53 Å². The average Bonchev–Trinajstić information content (AvgIpc) is 3.16. The number of aromatic amines is 1. The van der Waals surface area contributed by atoms with Crippen molar-refractivity contribution in [2.24, 2.45) is 0 Å². The molecule has 1 amide bonds. The highest BCUT2D eigenvalue weighted by Gasteiger charge is 2.20. The van der Waals surface area contributed by atoms with Gasteiger partial charge in [-0.25, -0.2) is 0 Å². The molecule has 6 nitrogen and oxygen atoms in total. The van der Waals surface area contributed by atoms with E-state index in [0.717, 1.165) is 17.1 Å². The molecule has 2 aromatic heterocycles. The molecule has 1 atom stereocenters. The number of nitrogens with zero attached hydrogens (tertiary/aromatic N) is 3. The number of nitrogens with one attached hydrogen (secondary N) is 1. The number of carbonyl (C=O) groups is 1. The van der Waals surface area contributed by atoms with Gasteiger partial charge in [-0.2, -0.15) is 5.10 Å². The number of rotatable bonds is 7. The van der Waals surface area contributed by atoms with Crippen molar-refractivity contribution in [2.45, 2.75) is 26.0 Å². The summed E-state index contributed by atoms with van der Waals surface area (Å²) >= 11 is 0. The summed E-state index contributed by atoms with van der Waals surface area (Å²) in [4.78, 5) is 18.6. The Bertz CT molecular complexity index is 833. The van der Waals surface area contributed by atoms with E-state index in [1.54, 1.807) is 24.2 Å². The van der Waals surface area contributed by atoms with Gasteiger partial charge < -0.3 is 9.64 Å². The Labute approximate surface area is 152 Å². The third-order valence-electron chi connectivity index (χ3n) is 4.20. The number of amides is 1. The highest BCUT2D eigenvalue weighted by molar-refractivity contribution is 5.92. The Hall–Kier alpha value is -3.15. The van der Waals surface area contributed by atoms with Crippen molar-refractivity contribution in [3.05, 3.63) is 77.9 Å². The maximum absolute atomic E-state index is 12.6. The monoisotopic (exact) mass is 350 g/mol. The molecule has 0 aliphatic heterocycles. The second kappa shape index (κ2) is 8.29. The Morgan fingerprint density at radius 2 is 1.96 bits per heavy atom. The van der Waals surface area contributed by atoms with E-state index in [1.165, 1.54) is 0 Å². The molecule has 134 valence electrons. The smallest absolute Gasteiger partial charge is 0.274 e. The summed E-state index contributed by atoms with van der Waals surface area (Å²) in [6, 6.07) is 17.1. The van der Waals surface area contributed by atoms with E-state index in [4.69, 9.17) is 4.74 Å². The summed E-state index contributed by atoms with van der Waals surface area (Å²) in [6.45, 7) is 2.33. The number of pyridine rings is 1. The number of H-pyrrole nitrogens is 1. The van der Waals surface area contributed by atoms with Crippen LogP contribution in [0.5, 0.6) is 5.75 Å². The van der Waals surface area contributed by atoms with Crippen LogP contribution in [0.3, 0.4) is 0 Å². The number of para-hydroxylation sites is 1.